The average Bonchev–Trinajstić information content (AvgIpc) is 2.74. The Balaban J connectivity index is 2.07. The van der Waals surface area contributed by atoms with Gasteiger partial charge in [-0.05, 0) is 23.3 Å². The minimum absolute atomic E-state index is 0.0737. The Labute approximate surface area is 93.4 Å². The predicted molar refractivity (Wildman–Crippen MR) is 55.8 cm³/mol. The van der Waals surface area contributed by atoms with E-state index in [1.165, 1.54) is 7.11 Å². The van der Waals surface area contributed by atoms with E-state index in [0.29, 0.717) is 12.5 Å². The lowest BCUT2D eigenvalue weighted by Gasteiger charge is -2.30. The SMILES string of the molecule is COC(=O)C1CCCN(c2nnnn2C)C1. The number of methoxy groups -OCH3 is 1. The molecule has 1 aliphatic rings. The molecule has 0 saturated carbocycles. The van der Waals surface area contributed by atoms with Crippen molar-refractivity contribution in [3.63, 3.8) is 0 Å². The quantitative estimate of drug-likeness (QED) is 0.638. The first-order valence-corrected chi connectivity index (χ1v) is 5.27. The second kappa shape index (κ2) is 4.46. The second-order valence-electron chi connectivity index (χ2n) is 3.91. The molecule has 0 aliphatic carbocycles. The summed E-state index contributed by atoms with van der Waals surface area (Å²) in [4.78, 5) is 13.5. The van der Waals surface area contributed by atoms with Crippen LogP contribution < -0.4 is 4.90 Å². The Morgan fingerprint density at radius 3 is 3.00 bits per heavy atom. The van der Waals surface area contributed by atoms with Gasteiger partial charge in [0.05, 0.1) is 13.0 Å². The third-order valence-electron chi connectivity index (χ3n) is 2.84. The lowest BCUT2D eigenvalue weighted by Crippen LogP contribution is -2.40. The summed E-state index contributed by atoms with van der Waals surface area (Å²) in [6.07, 6.45) is 1.82. The maximum Gasteiger partial charge on any atom is 0.310 e. The first-order chi connectivity index (χ1) is 7.72. The van der Waals surface area contributed by atoms with Crippen molar-refractivity contribution in [3.8, 4) is 0 Å². The smallest absolute Gasteiger partial charge is 0.310 e. The molecule has 0 radical (unpaired) electrons. The number of ether oxygens (including phenoxy) is 1. The Kier molecular flexibility index (Phi) is 3.02. The van der Waals surface area contributed by atoms with Crippen LogP contribution in [0.2, 0.25) is 0 Å². The number of anilines is 1. The number of esters is 1. The molecule has 1 unspecified atom stereocenters. The fraction of sp³-hybridized carbons (Fsp3) is 0.778. The zero-order valence-corrected chi connectivity index (χ0v) is 9.46. The minimum atomic E-state index is -0.153. The van der Waals surface area contributed by atoms with Gasteiger partial charge in [0.15, 0.2) is 0 Å². The van der Waals surface area contributed by atoms with Crippen molar-refractivity contribution in [2.45, 2.75) is 12.8 Å². The van der Waals surface area contributed by atoms with Crippen LogP contribution in [0.5, 0.6) is 0 Å². The topological polar surface area (TPSA) is 73.1 Å². The Morgan fingerprint density at radius 2 is 2.38 bits per heavy atom. The number of tetrazole rings is 1. The van der Waals surface area contributed by atoms with E-state index >= 15 is 0 Å². The van der Waals surface area contributed by atoms with Crippen molar-refractivity contribution in [3.05, 3.63) is 0 Å². The first-order valence-electron chi connectivity index (χ1n) is 5.27. The van der Waals surface area contributed by atoms with E-state index in [9.17, 15) is 4.79 Å². The zero-order chi connectivity index (χ0) is 11.5. The molecule has 2 heterocycles. The van der Waals surface area contributed by atoms with Crippen LogP contribution in [0.25, 0.3) is 0 Å². The van der Waals surface area contributed by atoms with E-state index in [1.807, 2.05) is 4.90 Å². The molecule has 0 aromatic carbocycles. The number of aromatic nitrogens is 4. The molecule has 16 heavy (non-hydrogen) atoms. The summed E-state index contributed by atoms with van der Waals surface area (Å²) >= 11 is 0. The lowest BCUT2D eigenvalue weighted by molar-refractivity contribution is -0.145. The summed E-state index contributed by atoms with van der Waals surface area (Å²) < 4.78 is 6.37. The normalized spacial score (nSPS) is 20.9. The van der Waals surface area contributed by atoms with Gasteiger partial charge in [-0.15, -0.1) is 0 Å². The van der Waals surface area contributed by atoms with Crippen molar-refractivity contribution >= 4 is 11.9 Å². The van der Waals surface area contributed by atoms with Crippen LogP contribution in [-0.2, 0) is 16.6 Å². The highest BCUT2D eigenvalue weighted by Gasteiger charge is 2.28. The molecule has 0 N–H and O–H groups in total. The highest BCUT2D eigenvalue weighted by molar-refractivity contribution is 5.73. The van der Waals surface area contributed by atoms with E-state index in [0.717, 1.165) is 19.4 Å². The maximum absolute atomic E-state index is 11.5. The van der Waals surface area contributed by atoms with E-state index in [-0.39, 0.29) is 11.9 Å². The first kappa shape index (κ1) is 10.8. The summed E-state index contributed by atoms with van der Waals surface area (Å²) in [7, 11) is 3.21. The summed E-state index contributed by atoms with van der Waals surface area (Å²) in [5.41, 5.74) is 0. The molecule has 1 aromatic rings. The molecule has 0 amide bonds. The van der Waals surface area contributed by atoms with Gasteiger partial charge in [0.2, 0.25) is 5.95 Å². The van der Waals surface area contributed by atoms with Crippen molar-refractivity contribution in [2.24, 2.45) is 13.0 Å². The highest BCUT2D eigenvalue weighted by atomic mass is 16.5. The minimum Gasteiger partial charge on any atom is -0.469 e. The van der Waals surface area contributed by atoms with Crippen molar-refractivity contribution in [2.75, 3.05) is 25.1 Å². The molecule has 7 nitrogen and oxygen atoms in total. The fourth-order valence-electron chi connectivity index (χ4n) is 2.01. The highest BCUT2D eigenvalue weighted by Crippen LogP contribution is 2.21. The third kappa shape index (κ3) is 1.98. The molecular formula is C9H15N5O2. The van der Waals surface area contributed by atoms with E-state index in [1.54, 1.807) is 11.7 Å². The van der Waals surface area contributed by atoms with Gasteiger partial charge in [-0.1, -0.05) is 5.10 Å². The molecule has 7 heteroatoms. The molecule has 1 fully saturated rings. The molecule has 1 saturated heterocycles. The Hall–Kier alpha value is -1.66. The molecule has 1 aliphatic heterocycles. The van der Waals surface area contributed by atoms with Crippen LogP contribution in [0.15, 0.2) is 0 Å². The van der Waals surface area contributed by atoms with E-state index < -0.39 is 0 Å². The predicted octanol–water partition coefficient (Wildman–Crippen LogP) is -0.401. The van der Waals surface area contributed by atoms with Gasteiger partial charge in [0.25, 0.3) is 0 Å². The van der Waals surface area contributed by atoms with Gasteiger partial charge in [-0.25, -0.2) is 4.68 Å². The van der Waals surface area contributed by atoms with Crippen LogP contribution in [-0.4, -0.2) is 46.4 Å². The molecule has 2 rings (SSSR count). The van der Waals surface area contributed by atoms with Gasteiger partial charge in [-0.2, -0.15) is 0 Å². The molecule has 0 spiro atoms. The fourth-order valence-corrected chi connectivity index (χ4v) is 2.01. The van der Waals surface area contributed by atoms with Crippen molar-refractivity contribution in [1.29, 1.82) is 0 Å². The number of carbonyl (C=O) groups excluding carboxylic acids is 1. The number of aryl methyl sites for hydroxylation is 1. The Morgan fingerprint density at radius 1 is 1.56 bits per heavy atom. The van der Waals surface area contributed by atoms with Crippen LogP contribution in [0, 0.1) is 5.92 Å². The molecule has 1 aromatic heterocycles. The van der Waals surface area contributed by atoms with Crippen LogP contribution in [0.1, 0.15) is 12.8 Å². The van der Waals surface area contributed by atoms with Gasteiger partial charge in [0.1, 0.15) is 0 Å². The summed E-state index contributed by atoms with van der Waals surface area (Å²) in [5.74, 6) is 0.476. The maximum atomic E-state index is 11.5. The van der Waals surface area contributed by atoms with Gasteiger partial charge < -0.3 is 9.64 Å². The monoisotopic (exact) mass is 225 g/mol. The Bertz CT molecular complexity index is 378. The van der Waals surface area contributed by atoms with Gasteiger partial charge in [-0.3, -0.25) is 4.79 Å². The summed E-state index contributed by atoms with van der Waals surface area (Å²) in [6, 6.07) is 0. The lowest BCUT2D eigenvalue weighted by atomic mass is 9.98. The zero-order valence-electron chi connectivity index (χ0n) is 9.46. The summed E-state index contributed by atoms with van der Waals surface area (Å²) in [5, 5.41) is 11.3. The van der Waals surface area contributed by atoms with Crippen molar-refractivity contribution < 1.29 is 9.53 Å². The van der Waals surface area contributed by atoms with Gasteiger partial charge in [0, 0.05) is 20.1 Å². The number of nitrogens with zero attached hydrogens (tertiary/aromatic N) is 5. The van der Waals surface area contributed by atoms with Crippen LogP contribution in [0.4, 0.5) is 5.95 Å². The molecule has 0 bridgehead atoms. The average molecular weight is 225 g/mol. The third-order valence-corrected chi connectivity index (χ3v) is 2.84. The van der Waals surface area contributed by atoms with E-state index in [2.05, 4.69) is 15.5 Å². The molecule has 88 valence electrons. The van der Waals surface area contributed by atoms with Crippen LogP contribution >= 0.6 is 0 Å². The number of piperidine rings is 1. The van der Waals surface area contributed by atoms with Crippen molar-refractivity contribution in [1.82, 2.24) is 20.2 Å². The molecular weight excluding hydrogens is 210 g/mol. The molecule has 1 atom stereocenters. The number of hydrogen-bond donors (Lipinski definition) is 0. The number of hydrogen-bond acceptors (Lipinski definition) is 6. The van der Waals surface area contributed by atoms with E-state index in [4.69, 9.17) is 4.74 Å². The number of rotatable bonds is 2. The number of carbonyl (C=O) groups is 1. The standard InChI is InChI=1S/C9H15N5O2/c1-13-9(10-11-12-13)14-5-3-4-7(6-14)8(15)16-2/h7H,3-6H2,1-2H3. The second-order valence-corrected chi connectivity index (χ2v) is 3.91. The van der Waals surface area contributed by atoms with Crippen LogP contribution in [0.3, 0.4) is 0 Å². The summed E-state index contributed by atoms with van der Waals surface area (Å²) in [6.45, 7) is 1.50. The van der Waals surface area contributed by atoms with Gasteiger partial charge >= 0.3 is 5.97 Å². The largest absolute Gasteiger partial charge is 0.469 e.